The molecule has 0 spiro atoms. The number of carbonyl (C=O) groups is 1. The second kappa shape index (κ2) is 9.64. The van der Waals surface area contributed by atoms with Crippen LogP contribution in [0.25, 0.3) is 0 Å². The second-order valence-electron chi connectivity index (χ2n) is 4.93. The van der Waals surface area contributed by atoms with E-state index in [2.05, 4.69) is 23.8 Å². The first-order valence-corrected chi connectivity index (χ1v) is 8.19. The van der Waals surface area contributed by atoms with Gasteiger partial charge in [-0.25, -0.2) is 0 Å². The summed E-state index contributed by atoms with van der Waals surface area (Å²) in [6.45, 7) is 5.54. The minimum absolute atomic E-state index is 0.108. The van der Waals surface area contributed by atoms with Crippen LogP contribution < -0.4 is 10.6 Å². The lowest BCUT2D eigenvalue weighted by molar-refractivity contribution is -0.122. The van der Waals surface area contributed by atoms with Crippen LogP contribution in [0.2, 0.25) is 0 Å². The highest BCUT2D eigenvalue weighted by Crippen LogP contribution is 2.07. The van der Waals surface area contributed by atoms with Crippen LogP contribution in [-0.2, 0) is 9.53 Å². The van der Waals surface area contributed by atoms with Crippen LogP contribution in [0.4, 0.5) is 0 Å². The zero-order valence-electron chi connectivity index (χ0n) is 11.5. The van der Waals surface area contributed by atoms with Gasteiger partial charge in [0.15, 0.2) is 0 Å². The lowest BCUT2D eigenvalue weighted by atomic mass is 10.1. The summed E-state index contributed by atoms with van der Waals surface area (Å²) in [6.07, 6.45) is 5.04. The molecule has 5 heteroatoms. The number of hydrogen-bond acceptors (Lipinski definition) is 4. The SMILES string of the molecule is CSCC(C)CNC(=O)CCOC1CCNCC1. The maximum atomic E-state index is 11.6. The number of piperidine rings is 1. The Labute approximate surface area is 115 Å². The van der Waals surface area contributed by atoms with Crippen molar-refractivity contribution < 1.29 is 9.53 Å². The van der Waals surface area contributed by atoms with Crippen LogP contribution in [0.3, 0.4) is 0 Å². The number of rotatable bonds is 8. The molecule has 0 aromatic carbocycles. The van der Waals surface area contributed by atoms with Gasteiger partial charge in [0.25, 0.3) is 0 Å². The number of ether oxygens (including phenoxy) is 1. The Morgan fingerprint density at radius 2 is 2.22 bits per heavy atom. The van der Waals surface area contributed by atoms with Crippen molar-refractivity contribution in [1.29, 1.82) is 0 Å². The quantitative estimate of drug-likeness (QED) is 0.700. The van der Waals surface area contributed by atoms with Crippen molar-refractivity contribution in [1.82, 2.24) is 10.6 Å². The summed E-state index contributed by atoms with van der Waals surface area (Å²) in [5, 5.41) is 6.26. The van der Waals surface area contributed by atoms with E-state index in [1.54, 1.807) is 0 Å². The van der Waals surface area contributed by atoms with Crippen molar-refractivity contribution in [3.63, 3.8) is 0 Å². The molecule has 0 aromatic rings. The molecule has 18 heavy (non-hydrogen) atoms. The fourth-order valence-corrected chi connectivity index (χ4v) is 2.69. The molecule has 0 saturated carbocycles. The Bertz CT molecular complexity index is 233. The molecule has 1 unspecified atom stereocenters. The molecule has 0 radical (unpaired) electrons. The van der Waals surface area contributed by atoms with Gasteiger partial charge in [-0.05, 0) is 43.9 Å². The molecule has 0 aliphatic carbocycles. The van der Waals surface area contributed by atoms with Crippen LogP contribution in [0.15, 0.2) is 0 Å². The van der Waals surface area contributed by atoms with Gasteiger partial charge in [-0.1, -0.05) is 6.92 Å². The third-order valence-electron chi connectivity index (χ3n) is 3.07. The summed E-state index contributed by atoms with van der Waals surface area (Å²) in [6, 6.07) is 0. The highest BCUT2D eigenvalue weighted by Gasteiger charge is 2.13. The fraction of sp³-hybridized carbons (Fsp3) is 0.923. The first-order valence-electron chi connectivity index (χ1n) is 6.80. The molecule has 1 amide bonds. The van der Waals surface area contributed by atoms with Gasteiger partial charge in [0.2, 0.25) is 5.91 Å². The number of amides is 1. The Kier molecular flexibility index (Phi) is 8.46. The van der Waals surface area contributed by atoms with Crippen molar-refractivity contribution >= 4 is 17.7 Å². The molecule has 4 nitrogen and oxygen atoms in total. The predicted molar refractivity (Wildman–Crippen MR) is 77.0 cm³/mol. The molecule has 106 valence electrons. The molecule has 2 N–H and O–H groups in total. The van der Waals surface area contributed by atoms with E-state index in [1.165, 1.54) is 0 Å². The van der Waals surface area contributed by atoms with Crippen molar-refractivity contribution in [3.8, 4) is 0 Å². The summed E-state index contributed by atoms with van der Waals surface area (Å²) in [4.78, 5) is 11.6. The zero-order chi connectivity index (χ0) is 13.2. The number of thioether (sulfide) groups is 1. The van der Waals surface area contributed by atoms with E-state index < -0.39 is 0 Å². The normalized spacial score (nSPS) is 18.6. The fourth-order valence-electron chi connectivity index (χ4n) is 2.00. The van der Waals surface area contributed by atoms with Gasteiger partial charge in [-0.2, -0.15) is 11.8 Å². The van der Waals surface area contributed by atoms with Crippen molar-refractivity contribution in [2.24, 2.45) is 5.92 Å². The summed E-state index contributed by atoms with van der Waals surface area (Å²) >= 11 is 1.82. The van der Waals surface area contributed by atoms with Gasteiger partial charge in [0, 0.05) is 13.0 Å². The molecule has 0 bridgehead atoms. The van der Waals surface area contributed by atoms with Gasteiger partial charge in [0.1, 0.15) is 0 Å². The summed E-state index contributed by atoms with van der Waals surface area (Å²) in [5.74, 6) is 1.73. The molecule has 1 aliphatic heterocycles. The van der Waals surface area contributed by atoms with Gasteiger partial charge >= 0.3 is 0 Å². The summed E-state index contributed by atoms with van der Waals surface area (Å²) in [7, 11) is 0. The van der Waals surface area contributed by atoms with Gasteiger partial charge in [-0.15, -0.1) is 0 Å². The first-order chi connectivity index (χ1) is 8.72. The molecule has 1 aliphatic rings. The van der Waals surface area contributed by atoms with Crippen LogP contribution in [-0.4, -0.2) is 50.3 Å². The van der Waals surface area contributed by atoms with E-state index in [1.807, 2.05) is 11.8 Å². The summed E-state index contributed by atoms with van der Waals surface area (Å²) in [5.41, 5.74) is 0. The van der Waals surface area contributed by atoms with Crippen LogP contribution >= 0.6 is 11.8 Å². The average Bonchev–Trinajstić information content (AvgIpc) is 2.38. The Morgan fingerprint density at radius 3 is 2.89 bits per heavy atom. The molecule has 1 fully saturated rings. The Hall–Kier alpha value is -0.260. The van der Waals surface area contributed by atoms with E-state index in [0.29, 0.717) is 25.0 Å². The topological polar surface area (TPSA) is 50.4 Å². The molecule has 1 saturated heterocycles. The minimum atomic E-state index is 0.108. The predicted octanol–water partition coefficient (Wildman–Crippen LogP) is 1.26. The maximum absolute atomic E-state index is 11.6. The second-order valence-corrected chi connectivity index (χ2v) is 5.85. The van der Waals surface area contributed by atoms with Gasteiger partial charge in [0.05, 0.1) is 12.7 Å². The smallest absolute Gasteiger partial charge is 0.222 e. The van der Waals surface area contributed by atoms with E-state index in [4.69, 9.17) is 4.74 Å². The molecular weight excluding hydrogens is 248 g/mol. The molecule has 1 heterocycles. The lowest BCUT2D eigenvalue weighted by Crippen LogP contribution is -2.34. The van der Waals surface area contributed by atoms with Crippen LogP contribution in [0, 0.1) is 5.92 Å². The van der Waals surface area contributed by atoms with Crippen LogP contribution in [0.1, 0.15) is 26.2 Å². The van der Waals surface area contributed by atoms with Gasteiger partial charge < -0.3 is 15.4 Å². The third kappa shape index (κ3) is 7.24. The maximum Gasteiger partial charge on any atom is 0.222 e. The van der Waals surface area contributed by atoms with Crippen LogP contribution in [0.5, 0.6) is 0 Å². The van der Waals surface area contributed by atoms with Crippen molar-refractivity contribution in [2.45, 2.75) is 32.3 Å². The van der Waals surface area contributed by atoms with E-state index >= 15 is 0 Å². The summed E-state index contributed by atoms with van der Waals surface area (Å²) < 4.78 is 5.70. The number of hydrogen-bond donors (Lipinski definition) is 2. The third-order valence-corrected chi connectivity index (χ3v) is 3.97. The van der Waals surface area contributed by atoms with E-state index in [-0.39, 0.29) is 5.91 Å². The Morgan fingerprint density at radius 1 is 1.50 bits per heavy atom. The molecular formula is C13H26N2O2S. The molecule has 1 rings (SSSR count). The average molecular weight is 274 g/mol. The van der Waals surface area contributed by atoms with E-state index in [0.717, 1.165) is 38.2 Å². The van der Waals surface area contributed by atoms with Crippen molar-refractivity contribution in [3.05, 3.63) is 0 Å². The minimum Gasteiger partial charge on any atom is -0.378 e. The lowest BCUT2D eigenvalue weighted by Gasteiger charge is -2.22. The van der Waals surface area contributed by atoms with E-state index in [9.17, 15) is 4.79 Å². The highest BCUT2D eigenvalue weighted by atomic mass is 32.2. The zero-order valence-corrected chi connectivity index (χ0v) is 12.4. The van der Waals surface area contributed by atoms with Crippen molar-refractivity contribution in [2.75, 3.05) is 38.2 Å². The monoisotopic (exact) mass is 274 g/mol. The van der Waals surface area contributed by atoms with Gasteiger partial charge in [-0.3, -0.25) is 4.79 Å². The highest BCUT2D eigenvalue weighted by molar-refractivity contribution is 7.98. The largest absolute Gasteiger partial charge is 0.378 e. The number of carbonyl (C=O) groups excluding carboxylic acids is 1. The number of nitrogens with one attached hydrogen (secondary N) is 2. The molecule has 0 aromatic heterocycles. The molecule has 1 atom stereocenters. The Balaban J connectivity index is 1.99. The first kappa shape index (κ1) is 15.8. The standard InChI is InChI=1S/C13H26N2O2S/c1-11(10-18-2)9-15-13(16)5-8-17-12-3-6-14-7-4-12/h11-12,14H,3-10H2,1-2H3,(H,15,16).